The van der Waals surface area contributed by atoms with Crippen molar-refractivity contribution in [3.05, 3.63) is 33.9 Å². The summed E-state index contributed by atoms with van der Waals surface area (Å²) < 4.78 is 5.32. The maximum atomic E-state index is 12.2. The number of nitrogens with one attached hydrogen (secondary N) is 2. The van der Waals surface area contributed by atoms with E-state index in [9.17, 15) is 14.9 Å². The Morgan fingerprint density at radius 1 is 1.52 bits per heavy atom. The van der Waals surface area contributed by atoms with E-state index in [1.54, 1.807) is 0 Å². The van der Waals surface area contributed by atoms with Crippen molar-refractivity contribution in [1.82, 2.24) is 5.32 Å². The lowest BCUT2D eigenvalue weighted by atomic mass is 10.1. The first-order valence-electron chi connectivity index (χ1n) is 7.02. The largest absolute Gasteiger partial charge is 0.380 e. The molecule has 0 aromatic heterocycles. The third kappa shape index (κ3) is 3.91. The number of benzene rings is 1. The van der Waals surface area contributed by atoms with E-state index < -0.39 is 4.92 Å². The molecule has 0 radical (unpaired) electrons. The summed E-state index contributed by atoms with van der Waals surface area (Å²) in [5.74, 6) is -0.237. The Morgan fingerprint density at radius 3 is 2.95 bits per heavy atom. The number of carbonyl (C=O) groups is 1. The summed E-state index contributed by atoms with van der Waals surface area (Å²) >= 11 is 0. The number of nitro benzene ring substituents is 1. The molecule has 1 fully saturated rings. The molecule has 1 aliphatic heterocycles. The van der Waals surface area contributed by atoms with Gasteiger partial charge in [-0.2, -0.15) is 0 Å². The quantitative estimate of drug-likeness (QED) is 0.639. The fourth-order valence-electron chi connectivity index (χ4n) is 2.29. The number of hydrogen-bond donors (Lipinski definition) is 2. The minimum atomic E-state index is -0.464. The smallest absolute Gasteiger partial charge is 0.292 e. The average Bonchev–Trinajstić information content (AvgIpc) is 2.48. The van der Waals surface area contributed by atoms with E-state index in [0.717, 1.165) is 19.4 Å². The molecule has 1 heterocycles. The predicted octanol–water partition coefficient (Wildman–Crippen LogP) is 1.94. The van der Waals surface area contributed by atoms with Crippen LogP contribution in [0.4, 0.5) is 11.4 Å². The lowest BCUT2D eigenvalue weighted by Crippen LogP contribution is -2.40. The molecular weight excluding hydrogens is 274 g/mol. The van der Waals surface area contributed by atoms with Gasteiger partial charge in [0.2, 0.25) is 0 Å². The highest BCUT2D eigenvalue weighted by atomic mass is 16.6. The molecule has 0 bridgehead atoms. The van der Waals surface area contributed by atoms with Crippen LogP contribution in [-0.2, 0) is 4.74 Å². The summed E-state index contributed by atoms with van der Waals surface area (Å²) in [5, 5.41) is 16.7. The Bertz CT molecular complexity index is 527. The monoisotopic (exact) mass is 293 g/mol. The molecule has 1 aliphatic rings. The fourth-order valence-corrected chi connectivity index (χ4v) is 2.29. The van der Waals surface area contributed by atoms with Crippen molar-refractivity contribution < 1.29 is 14.5 Å². The Labute approximate surface area is 122 Å². The molecule has 21 heavy (non-hydrogen) atoms. The fraction of sp³-hybridized carbons (Fsp3) is 0.500. The highest BCUT2D eigenvalue weighted by Gasteiger charge is 2.20. The molecule has 1 aromatic carbocycles. The van der Waals surface area contributed by atoms with Gasteiger partial charge in [-0.1, -0.05) is 0 Å². The van der Waals surface area contributed by atoms with E-state index in [1.807, 2.05) is 6.92 Å². The molecule has 0 saturated carbocycles. The number of amides is 1. The van der Waals surface area contributed by atoms with Gasteiger partial charge in [0.05, 0.1) is 17.6 Å². The van der Waals surface area contributed by atoms with Crippen LogP contribution in [0.25, 0.3) is 0 Å². The summed E-state index contributed by atoms with van der Waals surface area (Å²) in [5.41, 5.74) is 0.728. The van der Waals surface area contributed by atoms with E-state index in [0.29, 0.717) is 24.4 Å². The summed E-state index contributed by atoms with van der Waals surface area (Å²) in [7, 11) is 0. The second kappa shape index (κ2) is 7.03. The van der Waals surface area contributed by atoms with Crippen LogP contribution in [0, 0.1) is 10.1 Å². The van der Waals surface area contributed by atoms with Crippen LogP contribution >= 0.6 is 0 Å². The summed E-state index contributed by atoms with van der Waals surface area (Å²) in [4.78, 5) is 22.7. The zero-order valence-corrected chi connectivity index (χ0v) is 11.9. The van der Waals surface area contributed by atoms with Crippen LogP contribution in [0.5, 0.6) is 0 Å². The van der Waals surface area contributed by atoms with Gasteiger partial charge < -0.3 is 15.4 Å². The number of ether oxygens (including phenoxy) is 1. The molecule has 7 heteroatoms. The van der Waals surface area contributed by atoms with Gasteiger partial charge in [0.25, 0.3) is 11.6 Å². The molecule has 1 atom stereocenters. The minimum absolute atomic E-state index is 0.00373. The van der Waals surface area contributed by atoms with Gasteiger partial charge in [-0.15, -0.1) is 0 Å². The van der Waals surface area contributed by atoms with Crippen LogP contribution in [0.3, 0.4) is 0 Å². The van der Waals surface area contributed by atoms with Crippen molar-refractivity contribution >= 4 is 17.3 Å². The maximum Gasteiger partial charge on any atom is 0.292 e. The molecule has 0 aliphatic carbocycles. The molecule has 1 saturated heterocycles. The van der Waals surface area contributed by atoms with Crippen molar-refractivity contribution in [1.29, 1.82) is 0 Å². The standard InChI is InChI=1S/C14H19N3O4/c1-2-15-12-8-10(5-6-13(12)17(19)20)14(18)16-11-4-3-7-21-9-11/h5-6,8,11,15H,2-4,7,9H2,1H3,(H,16,18). The van der Waals surface area contributed by atoms with Crippen molar-refractivity contribution in [2.24, 2.45) is 0 Å². The number of hydrogen-bond acceptors (Lipinski definition) is 5. The second-order valence-electron chi connectivity index (χ2n) is 4.91. The van der Waals surface area contributed by atoms with Crippen LogP contribution in [-0.4, -0.2) is 36.6 Å². The van der Waals surface area contributed by atoms with Crippen LogP contribution in [0.1, 0.15) is 30.1 Å². The number of anilines is 1. The SMILES string of the molecule is CCNc1cc(C(=O)NC2CCCOC2)ccc1[N+](=O)[O-]. The van der Waals surface area contributed by atoms with E-state index in [-0.39, 0.29) is 17.6 Å². The number of nitrogens with zero attached hydrogens (tertiary/aromatic N) is 1. The third-order valence-electron chi connectivity index (χ3n) is 3.32. The van der Waals surface area contributed by atoms with Gasteiger partial charge in [-0.3, -0.25) is 14.9 Å². The molecule has 2 N–H and O–H groups in total. The lowest BCUT2D eigenvalue weighted by Gasteiger charge is -2.23. The molecule has 1 unspecified atom stereocenters. The molecule has 2 rings (SSSR count). The minimum Gasteiger partial charge on any atom is -0.380 e. The molecule has 1 aromatic rings. The third-order valence-corrected chi connectivity index (χ3v) is 3.32. The number of carbonyl (C=O) groups excluding carboxylic acids is 1. The summed E-state index contributed by atoms with van der Waals surface area (Å²) in [6.07, 6.45) is 1.81. The van der Waals surface area contributed by atoms with E-state index >= 15 is 0 Å². The molecular formula is C14H19N3O4. The van der Waals surface area contributed by atoms with Crippen LogP contribution in [0.15, 0.2) is 18.2 Å². The summed E-state index contributed by atoms with van der Waals surface area (Å²) in [6, 6.07) is 4.34. The highest BCUT2D eigenvalue weighted by Crippen LogP contribution is 2.25. The molecule has 114 valence electrons. The Kier molecular flexibility index (Phi) is 5.10. The Hall–Kier alpha value is -2.15. The van der Waals surface area contributed by atoms with Crippen molar-refractivity contribution in [3.63, 3.8) is 0 Å². The molecule has 0 spiro atoms. The Morgan fingerprint density at radius 2 is 2.33 bits per heavy atom. The zero-order chi connectivity index (χ0) is 15.2. The van der Waals surface area contributed by atoms with Crippen molar-refractivity contribution in [2.75, 3.05) is 25.1 Å². The highest BCUT2D eigenvalue weighted by molar-refractivity contribution is 5.96. The topological polar surface area (TPSA) is 93.5 Å². The van der Waals surface area contributed by atoms with Gasteiger partial charge in [0.15, 0.2) is 0 Å². The van der Waals surface area contributed by atoms with Crippen molar-refractivity contribution in [3.8, 4) is 0 Å². The first-order chi connectivity index (χ1) is 10.1. The van der Waals surface area contributed by atoms with E-state index in [1.165, 1.54) is 18.2 Å². The first-order valence-corrected chi connectivity index (χ1v) is 7.02. The normalized spacial score (nSPS) is 18.0. The number of nitro groups is 1. The number of rotatable bonds is 5. The maximum absolute atomic E-state index is 12.2. The summed E-state index contributed by atoms with van der Waals surface area (Å²) in [6.45, 7) is 3.63. The average molecular weight is 293 g/mol. The van der Waals surface area contributed by atoms with Gasteiger partial charge in [0.1, 0.15) is 5.69 Å². The predicted molar refractivity (Wildman–Crippen MR) is 78.6 cm³/mol. The Balaban J connectivity index is 2.13. The second-order valence-corrected chi connectivity index (χ2v) is 4.91. The van der Waals surface area contributed by atoms with Gasteiger partial charge >= 0.3 is 0 Å². The van der Waals surface area contributed by atoms with Crippen LogP contribution in [0.2, 0.25) is 0 Å². The zero-order valence-electron chi connectivity index (χ0n) is 11.9. The van der Waals surface area contributed by atoms with Gasteiger partial charge in [0, 0.05) is 24.8 Å². The van der Waals surface area contributed by atoms with Crippen molar-refractivity contribution in [2.45, 2.75) is 25.8 Å². The van der Waals surface area contributed by atoms with E-state index in [2.05, 4.69) is 10.6 Å². The molecule has 7 nitrogen and oxygen atoms in total. The molecule has 1 amide bonds. The first kappa shape index (κ1) is 15.2. The van der Waals surface area contributed by atoms with Crippen LogP contribution < -0.4 is 10.6 Å². The van der Waals surface area contributed by atoms with Gasteiger partial charge in [-0.25, -0.2) is 0 Å². The lowest BCUT2D eigenvalue weighted by molar-refractivity contribution is -0.384. The van der Waals surface area contributed by atoms with Gasteiger partial charge in [-0.05, 0) is 31.9 Å². The van der Waals surface area contributed by atoms with E-state index in [4.69, 9.17) is 4.74 Å².